The number of carbonyl (C=O) groups is 3. The summed E-state index contributed by atoms with van der Waals surface area (Å²) in [6.45, 7) is 0. The number of amides is 1. The molecule has 0 atom stereocenters. The van der Waals surface area contributed by atoms with Crippen LogP contribution in [0.4, 0.5) is 5.69 Å². The summed E-state index contributed by atoms with van der Waals surface area (Å²) in [7, 11) is 2.67. The number of hydrogen-bond acceptors (Lipinski definition) is 7. The van der Waals surface area contributed by atoms with E-state index in [4.69, 9.17) is 32.7 Å². The molecule has 1 amide bonds. The van der Waals surface area contributed by atoms with Crippen LogP contribution >= 0.6 is 23.2 Å². The van der Waals surface area contributed by atoms with E-state index >= 15 is 0 Å². The largest absolute Gasteiger partial charge is 0.493 e. The number of carbonyl (C=O) groups excluding carboxylic acids is 3. The normalized spacial score (nSPS) is 13.4. The zero-order valence-electron chi connectivity index (χ0n) is 19.0. The van der Waals surface area contributed by atoms with Crippen molar-refractivity contribution in [1.29, 1.82) is 0 Å². The summed E-state index contributed by atoms with van der Waals surface area (Å²) in [5.74, 6) is -0.787. The first-order valence-electron chi connectivity index (χ1n) is 10.9. The van der Waals surface area contributed by atoms with Gasteiger partial charge in [0, 0.05) is 30.4 Å². The molecule has 1 aromatic heterocycles. The molecule has 0 bridgehead atoms. The maximum atomic E-state index is 13.3. The second-order valence-electron chi connectivity index (χ2n) is 7.88. The first-order valence-corrected chi connectivity index (χ1v) is 11.6. The fraction of sp³-hybridized carbons (Fsp3) is 0.417. The zero-order chi connectivity index (χ0) is 24.7. The van der Waals surface area contributed by atoms with E-state index in [1.54, 1.807) is 6.07 Å². The first-order chi connectivity index (χ1) is 16.3. The molecular formula is C24H26Cl2N2O6. The second-order valence-corrected chi connectivity index (χ2v) is 8.69. The van der Waals surface area contributed by atoms with Crippen LogP contribution in [0.5, 0.6) is 11.5 Å². The van der Waals surface area contributed by atoms with Crippen molar-refractivity contribution < 1.29 is 28.6 Å². The van der Waals surface area contributed by atoms with Gasteiger partial charge in [-0.15, -0.1) is 0 Å². The number of halogens is 2. The van der Waals surface area contributed by atoms with Crippen LogP contribution in [0.25, 0.3) is 0 Å². The maximum Gasteiger partial charge on any atom is 0.315 e. The van der Waals surface area contributed by atoms with Crippen molar-refractivity contribution in [2.45, 2.75) is 51.0 Å². The number of Topliss-reactive ketones (excluding diaryl/α,β-unsaturated/α-hetero) is 1. The number of ketones is 1. The van der Waals surface area contributed by atoms with E-state index in [0.717, 1.165) is 25.7 Å². The van der Waals surface area contributed by atoms with Gasteiger partial charge in [0.25, 0.3) is 0 Å². The number of rotatable bonds is 10. The van der Waals surface area contributed by atoms with Crippen molar-refractivity contribution in [3.8, 4) is 11.5 Å². The van der Waals surface area contributed by atoms with E-state index in [1.165, 1.54) is 32.7 Å². The van der Waals surface area contributed by atoms with E-state index in [2.05, 4.69) is 15.0 Å². The number of nitrogens with one attached hydrogen (secondary N) is 1. The first kappa shape index (κ1) is 25.8. The highest BCUT2D eigenvalue weighted by Crippen LogP contribution is 2.37. The molecule has 1 aliphatic rings. The van der Waals surface area contributed by atoms with Gasteiger partial charge in [0.05, 0.1) is 36.1 Å². The predicted octanol–water partition coefficient (Wildman–Crippen LogP) is 5.04. The summed E-state index contributed by atoms with van der Waals surface area (Å²) in [6, 6.07) is 3.10. The molecule has 0 aliphatic heterocycles. The van der Waals surface area contributed by atoms with E-state index in [-0.39, 0.29) is 36.0 Å². The highest BCUT2D eigenvalue weighted by atomic mass is 35.5. The molecule has 1 aromatic carbocycles. The highest BCUT2D eigenvalue weighted by molar-refractivity contribution is 6.35. The van der Waals surface area contributed by atoms with Crippen LogP contribution in [-0.4, -0.2) is 43.0 Å². The lowest BCUT2D eigenvalue weighted by Gasteiger charge is -2.19. The molecule has 34 heavy (non-hydrogen) atoms. The van der Waals surface area contributed by atoms with E-state index in [1.807, 2.05) is 0 Å². The van der Waals surface area contributed by atoms with Gasteiger partial charge in [0.1, 0.15) is 6.42 Å². The van der Waals surface area contributed by atoms with Gasteiger partial charge in [0.15, 0.2) is 17.3 Å². The van der Waals surface area contributed by atoms with E-state index in [9.17, 15) is 14.4 Å². The van der Waals surface area contributed by atoms with Gasteiger partial charge in [-0.25, -0.2) is 0 Å². The molecule has 1 heterocycles. The van der Waals surface area contributed by atoms with Crippen LogP contribution in [0.1, 0.15) is 54.4 Å². The van der Waals surface area contributed by atoms with Crippen LogP contribution in [0.15, 0.2) is 24.5 Å². The lowest BCUT2D eigenvalue weighted by molar-refractivity contribution is -0.142. The fourth-order valence-corrected chi connectivity index (χ4v) is 4.33. The SMILES string of the molecule is COC(=O)CC(=O)Nc1cc(OC)c(OC2CCCC2)cc1C(=O)CCc1c(Cl)cncc1Cl. The summed E-state index contributed by atoms with van der Waals surface area (Å²) in [5.41, 5.74) is 1.05. The van der Waals surface area contributed by atoms with Crippen LogP contribution < -0.4 is 14.8 Å². The average molecular weight is 509 g/mol. The minimum Gasteiger partial charge on any atom is -0.493 e. The Bertz CT molecular complexity index is 1050. The molecule has 0 unspecified atom stereocenters. The number of nitrogens with zero attached hydrogens (tertiary/aromatic N) is 1. The van der Waals surface area contributed by atoms with Gasteiger partial charge < -0.3 is 19.5 Å². The van der Waals surface area contributed by atoms with Crippen LogP contribution in [0.2, 0.25) is 10.0 Å². The molecule has 1 saturated carbocycles. The lowest BCUT2D eigenvalue weighted by atomic mass is 10.0. The minimum absolute atomic E-state index is 0.0334. The molecule has 8 nitrogen and oxygen atoms in total. The molecule has 0 radical (unpaired) electrons. The standard InChI is InChI=1S/C24H26Cl2N2O6/c1-32-21-10-19(28-23(30)11-24(31)33-2)16(9-22(21)34-14-5-3-4-6-14)20(29)8-7-15-17(25)12-27-13-18(15)26/h9-10,12-14H,3-8,11H2,1-2H3,(H,28,30). The average Bonchev–Trinajstić information content (AvgIpc) is 3.32. The van der Waals surface area contributed by atoms with E-state index in [0.29, 0.717) is 27.1 Å². The summed E-state index contributed by atoms with van der Waals surface area (Å²) in [5, 5.41) is 3.35. The Hall–Kier alpha value is -2.84. The molecular weight excluding hydrogens is 483 g/mol. The minimum atomic E-state index is -0.694. The van der Waals surface area contributed by atoms with Gasteiger partial charge in [-0.1, -0.05) is 23.2 Å². The van der Waals surface area contributed by atoms with Crippen LogP contribution in [0.3, 0.4) is 0 Å². The van der Waals surface area contributed by atoms with E-state index < -0.39 is 18.3 Å². The quantitative estimate of drug-likeness (QED) is 0.272. The van der Waals surface area contributed by atoms with Crippen molar-refractivity contribution in [2.24, 2.45) is 0 Å². The molecule has 1 fully saturated rings. The Kier molecular flexibility index (Phi) is 9.12. The van der Waals surface area contributed by atoms with Crippen LogP contribution in [-0.2, 0) is 20.7 Å². The van der Waals surface area contributed by atoms with Crippen molar-refractivity contribution >= 4 is 46.5 Å². The molecule has 0 spiro atoms. The topological polar surface area (TPSA) is 104 Å². The number of hydrogen-bond donors (Lipinski definition) is 1. The Morgan fingerprint density at radius 1 is 1.06 bits per heavy atom. The molecule has 1 N–H and O–H groups in total. The van der Waals surface area contributed by atoms with Gasteiger partial charge in [-0.2, -0.15) is 0 Å². The third-order valence-electron chi connectivity index (χ3n) is 5.56. The molecule has 1 aliphatic carbocycles. The number of aromatic nitrogens is 1. The Balaban J connectivity index is 1.90. The number of esters is 1. The zero-order valence-corrected chi connectivity index (χ0v) is 20.5. The predicted molar refractivity (Wildman–Crippen MR) is 128 cm³/mol. The monoisotopic (exact) mass is 508 g/mol. The number of methoxy groups -OCH3 is 2. The maximum absolute atomic E-state index is 13.3. The highest BCUT2D eigenvalue weighted by Gasteiger charge is 2.23. The van der Waals surface area contributed by atoms with Gasteiger partial charge in [0.2, 0.25) is 5.91 Å². The number of pyridine rings is 1. The fourth-order valence-electron chi connectivity index (χ4n) is 3.78. The van der Waals surface area contributed by atoms with Gasteiger partial charge in [-0.3, -0.25) is 19.4 Å². The Labute approximate surface area is 207 Å². The number of benzene rings is 1. The summed E-state index contributed by atoms with van der Waals surface area (Å²) < 4.78 is 16.1. The van der Waals surface area contributed by atoms with Crippen molar-refractivity contribution in [1.82, 2.24) is 4.98 Å². The second kappa shape index (κ2) is 12.0. The third kappa shape index (κ3) is 6.61. The van der Waals surface area contributed by atoms with Crippen molar-refractivity contribution in [3.05, 3.63) is 45.7 Å². The molecule has 3 rings (SSSR count). The summed E-state index contributed by atoms with van der Waals surface area (Å²) in [6.07, 6.45) is 6.81. The lowest BCUT2D eigenvalue weighted by Crippen LogP contribution is -2.19. The number of anilines is 1. The Morgan fingerprint density at radius 3 is 2.35 bits per heavy atom. The molecule has 10 heteroatoms. The summed E-state index contributed by atoms with van der Waals surface area (Å²) >= 11 is 12.4. The smallest absolute Gasteiger partial charge is 0.315 e. The van der Waals surface area contributed by atoms with Crippen molar-refractivity contribution in [2.75, 3.05) is 19.5 Å². The molecule has 182 valence electrons. The summed E-state index contributed by atoms with van der Waals surface area (Å²) in [4.78, 5) is 41.0. The van der Waals surface area contributed by atoms with Crippen molar-refractivity contribution in [3.63, 3.8) is 0 Å². The molecule has 0 saturated heterocycles. The van der Waals surface area contributed by atoms with Gasteiger partial charge in [-0.05, 0) is 43.7 Å². The Morgan fingerprint density at radius 2 is 1.74 bits per heavy atom. The molecule has 2 aromatic rings. The third-order valence-corrected chi connectivity index (χ3v) is 6.21. The van der Waals surface area contributed by atoms with Gasteiger partial charge >= 0.3 is 5.97 Å². The van der Waals surface area contributed by atoms with Crippen LogP contribution in [0, 0.1) is 0 Å². The number of ether oxygens (including phenoxy) is 3.